The molecule has 2 aromatic rings. The monoisotopic (exact) mass is 207 g/mol. The largest absolute Gasteiger partial charge is 0.419 e. The van der Waals surface area contributed by atoms with Crippen molar-refractivity contribution in [2.75, 3.05) is 0 Å². The minimum absolute atomic E-state index is 0.196. The Hall–Kier alpha value is -1.69. The zero-order valence-corrected chi connectivity index (χ0v) is 8.69. The molecule has 0 aliphatic rings. The molecule has 15 heavy (non-hydrogen) atoms. The second-order valence-corrected chi connectivity index (χ2v) is 3.37. The molecule has 0 radical (unpaired) electrons. The maximum absolute atomic E-state index is 5.78. The van der Waals surface area contributed by atoms with Crippen LogP contribution in [0, 0.1) is 6.92 Å². The van der Waals surface area contributed by atoms with Crippen molar-refractivity contribution in [2.24, 2.45) is 5.73 Å². The summed E-state index contributed by atoms with van der Waals surface area (Å²) in [4.78, 5) is 0. The number of H-pyrrole nitrogens is 1. The molecule has 80 valence electrons. The summed E-state index contributed by atoms with van der Waals surface area (Å²) in [7, 11) is 0. The van der Waals surface area contributed by atoms with Crippen LogP contribution in [0.15, 0.2) is 10.6 Å². The van der Waals surface area contributed by atoms with Gasteiger partial charge in [-0.15, -0.1) is 10.2 Å². The van der Waals surface area contributed by atoms with Crippen LogP contribution in [-0.4, -0.2) is 20.4 Å². The third kappa shape index (κ3) is 1.75. The fourth-order valence-corrected chi connectivity index (χ4v) is 1.23. The molecule has 0 bridgehead atoms. The molecule has 6 heteroatoms. The summed E-state index contributed by atoms with van der Waals surface area (Å²) in [5, 5.41) is 14.5. The lowest BCUT2D eigenvalue weighted by molar-refractivity contribution is 0.452. The Labute approximate surface area is 86.9 Å². The number of hydrogen-bond donors (Lipinski definition) is 2. The lowest BCUT2D eigenvalue weighted by Crippen LogP contribution is -2.08. The molecule has 0 saturated carbocycles. The highest BCUT2D eigenvalue weighted by molar-refractivity contribution is 5.53. The number of rotatable bonds is 3. The van der Waals surface area contributed by atoms with E-state index in [-0.39, 0.29) is 6.04 Å². The molecule has 0 fully saturated rings. The maximum Gasteiger partial charge on any atom is 0.251 e. The summed E-state index contributed by atoms with van der Waals surface area (Å²) in [5.41, 5.74) is 7.49. The molecule has 0 saturated heterocycles. The minimum Gasteiger partial charge on any atom is -0.419 e. The van der Waals surface area contributed by atoms with Gasteiger partial charge in [0.05, 0.1) is 17.8 Å². The van der Waals surface area contributed by atoms with E-state index in [1.165, 1.54) is 0 Å². The SMILES string of the molecule is CCC(N)c1nnc(-c2cn[nH]c2C)o1. The van der Waals surface area contributed by atoms with E-state index >= 15 is 0 Å². The topological polar surface area (TPSA) is 93.6 Å². The number of hydrogen-bond acceptors (Lipinski definition) is 5. The predicted molar refractivity (Wildman–Crippen MR) is 53.8 cm³/mol. The van der Waals surface area contributed by atoms with Gasteiger partial charge in [-0.2, -0.15) is 5.10 Å². The fourth-order valence-electron chi connectivity index (χ4n) is 1.23. The van der Waals surface area contributed by atoms with Crippen molar-refractivity contribution in [3.8, 4) is 11.5 Å². The van der Waals surface area contributed by atoms with Gasteiger partial charge in [-0.1, -0.05) is 6.92 Å². The molecular formula is C9H13N5O. The smallest absolute Gasteiger partial charge is 0.251 e. The number of nitrogens with two attached hydrogens (primary N) is 1. The van der Waals surface area contributed by atoms with Crippen LogP contribution in [0.5, 0.6) is 0 Å². The Balaban J connectivity index is 2.32. The van der Waals surface area contributed by atoms with E-state index in [9.17, 15) is 0 Å². The summed E-state index contributed by atoms with van der Waals surface area (Å²) in [6.07, 6.45) is 2.43. The van der Waals surface area contributed by atoms with Crippen molar-refractivity contribution in [2.45, 2.75) is 26.3 Å². The summed E-state index contributed by atoms with van der Waals surface area (Å²) < 4.78 is 5.45. The molecule has 2 heterocycles. The first-order valence-corrected chi connectivity index (χ1v) is 4.81. The highest BCUT2D eigenvalue weighted by Crippen LogP contribution is 2.22. The fraction of sp³-hybridized carbons (Fsp3) is 0.444. The van der Waals surface area contributed by atoms with Crippen LogP contribution in [0.2, 0.25) is 0 Å². The number of nitrogens with zero attached hydrogens (tertiary/aromatic N) is 3. The van der Waals surface area contributed by atoms with Gasteiger partial charge in [0.25, 0.3) is 5.89 Å². The van der Waals surface area contributed by atoms with Crippen molar-refractivity contribution in [3.05, 3.63) is 17.8 Å². The zero-order valence-electron chi connectivity index (χ0n) is 8.69. The van der Waals surface area contributed by atoms with Gasteiger partial charge >= 0.3 is 0 Å². The Morgan fingerprint density at radius 2 is 2.33 bits per heavy atom. The Bertz CT molecular complexity index is 447. The van der Waals surface area contributed by atoms with E-state index < -0.39 is 0 Å². The van der Waals surface area contributed by atoms with E-state index in [1.807, 2.05) is 13.8 Å². The quantitative estimate of drug-likeness (QED) is 0.788. The van der Waals surface area contributed by atoms with Crippen LogP contribution in [0.4, 0.5) is 0 Å². The van der Waals surface area contributed by atoms with Crippen LogP contribution >= 0.6 is 0 Å². The van der Waals surface area contributed by atoms with Gasteiger partial charge in [0.2, 0.25) is 5.89 Å². The van der Waals surface area contributed by atoms with Crippen molar-refractivity contribution in [1.82, 2.24) is 20.4 Å². The highest BCUT2D eigenvalue weighted by atomic mass is 16.4. The Morgan fingerprint density at radius 1 is 1.53 bits per heavy atom. The molecule has 0 aliphatic carbocycles. The molecule has 2 aromatic heterocycles. The molecule has 2 rings (SSSR count). The summed E-state index contributed by atoms with van der Waals surface area (Å²) in [6, 6.07) is -0.196. The van der Waals surface area contributed by atoms with Gasteiger partial charge < -0.3 is 10.2 Å². The highest BCUT2D eigenvalue weighted by Gasteiger charge is 2.15. The van der Waals surface area contributed by atoms with Gasteiger partial charge in [-0.3, -0.25) is 5.10 Å². The van der Waals surface area contributed by atoms with E-state index in [0.29, 0.717) is 11.8 Å². The van der Waals surface area contributed by atoms with E-state index in [2.05, 4.69) is 20.4 Å². The van der Waals surface area contributed by atoms with Gasteiger partial charge in [0.1, 0.15) is 0 Å². The third-order valence-corrected chi connectivity index (χ3v) is 2.26. The van der Waals surface area contributed by atoms with Crippen molar-refractivity contribution < 1.29 is 4.42 Å². The van der Waals surface area contributed by atoms with Crippen molar-refractivity contribution in [3.63, 3.8) is 0 Å². The van der Waals surface area contributed by atoms with Crippen LogP contribution in [0.3, 0.4) is 0 Å². The Kier molecular flexibility index (Phi) is 2.51. The molecule has 3 N–H and O–H groups in total. The second kappa shape index (κ2) is 3.82. The predicted octanol–water partition coefficient (Wildman–Crippen LogP) is 1.18. The number of aryl methyl sites for hydroxylation is 1. The minimum atomic E-state index is -0.196. The average molecular weight is 207 g/mol. The van der Waals surface area contributed by atoms with Gasteiger partial charge in [0, 0.05) is 5.69 Å². The lowest BCUT2D eigenvalue weighted by Gasteiger charge is -1.99. The van der Waals surface area contributed by atoms with E-state index in [4.69, 9.17) is 10.2 Å². The molecule has 0 amide bonds. The van der Waals surface area contributed by atoms with Crippen LogP contribution in [0.25, 0.3) is 11.5 Å². The molecule has 0 spiro atoms. The first-order valence-electron chi connectivity index (χ1n) is 4.81. The van der Waals surface area contributed by atoms with Crippen LogP contribution < -0.4 is 5.73 Å². The molecular weight excluding hydrogens is 194 g/mol. The number of aromatic nitrogens is 4. The zero-order chi connectivity index (χ0) is 10.8. The summed E-state index contributed by atoms with van der Waals surface area (Å²) >= 11 is 0. The third-order valence-electron chi connectivity index (χ3n) is 2.26. The van der Waals surface area contributed by atoms with Crippen molar-refractivity contribution in [1.29, 1.82) is 0 Å². The molecule has 0 aliphatic heterocycles. The van der Waals surface area contributed by atoms with Crippen molar-refractivity contribution >= 4 is 0 Å². The van der Waals surface area contributed by atoms with Gasteiger partial charge in [0.15, 0.2) is 0 Å². The number of nitrogens with one attached hydrogen (secondary N) is 1. The lowest BCUT2D eigenvalue weighted by atomic mass is 10.2. The molecule has 6 nitrogen and oxygen atoms in total. The summed E-state index contributed by atoms with van der Waals surface area (Å²) in [5.74, 6) is 0.924. The summed E-state index contributed by atoms with van der Waals surface area (Å²) in [6.45, 7) is 3.86. The van der Waals surface area contributed by atoms with Gasteiger partial charge in [-0.25, -0.2) is 0 Å². The first-order chi connectivity index (χ1) is 7.22. The molecule has 0 aromatic carbocycles. The van der Waals surface area contributed by atoms with Crippen LogP contribution in [-0.2, 0) is 0 Å². The molecule has 1 unspecified atom stereocenters. The average Bonchev–Trinajstić information content (AvgIpc) is 2.84. The normalized spacial score (nSPS) is 13.0. The second-order valence-electron chi connectivity index (χ2n) is 3.37. The molecule has 1 atom stereocenters. The number of aromatic amines is 1. The van der Waals surface area contributed by atoms with E-state index in [1.54, 1.807) is 6.20 Å². The van der Waals surface area contributed by atoms with Crippen LogP contribution in [0.1, 0.15) is 31.0 Å². The van der Waals surface area contributed by atoms with Gasteiger partial charge in [-0.05, 0) is 13.3 Å². The first kappa shape index (κ1) is 9.85. The standard InChI is InChI=1S/C9H13N5O/c1-3-7(10)9-14-13-8(15-9)6-4-11-12-5(6)2/h4,7H,3,10H2,1-2H3,(H,11,12). The Morgan fingerprint density at radius 3 is 2.93 bits per heavy atom. The maximum atomic E-state index is 5.78. The van der Waals surface area contributed by atoms with E-state index in [0.717, 1.165) is 17.7 Å².